The zero-order chi connectivity index (χ0) is 18.1. The molecule has 132 valence electrons. The van der Waals surface area contributed by atoms with E-state index in [4.69, 9.17) is 5.73 Å². The van der Waals surface area contributed by atoms with E-state index in [0.29, 0.717) is 0 Å². The molecule has 1 heterocycles. The molecule has 0 spiro atoms. The van der Waals surface area contributed by atoms with Gasteiger partial charge in [0.15, 0.2) is 0 Å². The van der Waals surface area contributed by atoms with E-state index in [1.54, 1.807) is 20.8 Å². The molecule has 4 N–H and O–H groups in total. The number of imidazole rings is 1. The first kappa shape index (κ1) is 19.4. The first-order valence-electron chi connectivity index (χ1n) is 7.11. The van der Waals surface area contributed by atoms with Gasteiger partial charge in [-0.15, -0.1) is 0 Å². The molecule has 0 radical (unpaired) electrons. The van der Waals surface area contributed by atoms with Crippen LogP contribution in [-0.4, -0.2) is 39.3 Å². The molecule has 0 fully saturated rings. The Labute approximate surface area is 132 Å². The number of aliphatic hydroxyl groups is 1. The topological polar surface area (TPSA) is 93.2 Å². The lowest BCUT2D eigenvalue weighted by Crippen LogP contribution is -2.51. The Morgan fingerprint density at radius 2 is 2.00 bits per heavy atom. The minimum atomic E-state index is -4.93. The highest BCUT2D eigenvalue weighted by molar-refractivity contribution is 5.82. The van der Waals surface area contributed by atoms with Crippen molar-refractivity contribution >= 4 is 5.91 Å². The quantitative estimate of drug-likeness (QED) is 0.749. The van der Waals surface area contributed by atoms with E-state index in [9.17, 15) is 23.1 Å². The monoisotopic (exact) mass is 336 g/mol. The zero-order valence-electron chi connectivity index (χ0n) is 13.6. The van der Waals surface area contributed by atoms with Gasteiger partial charge in [0.2, 0.25) is 11.5 Å². The maximum absolute atomic E-state index is 13.3. The molecular weight excluding hydrogens is 313 g/mol. The third kappa shape index (κ3) is 4.23. The van der Waals surface area contributed by atoms with Crippen molar-refractivity contribution in [3.8, 4) is 0 Å². The van der Waals surface area contributed by atoms with Gasteiger partial charge in [0.1, 0.15) is 5.82 Å². The number of carbonyl (C=O) groups excluding carboxylic acids is 1. The van der Waals surface area contributed by atoms with Gasteiger partial charge in [0.05, 0.1) is 6.04 Å². The van der Waals surface area contributed by atoms with Crippen LogP contribution in [0.4, 0.5) is 13.2 Å². The predicted molar refractivity (Wildman–Crippen MR) is 78.2 cm³/mol. The average molecular weight is 336 g/mol. The Bertz CT molecular complexity index is 551. The summed E-state index contributed by atoms with van der Waals surface area (Å²) in [4.78, 5) is 15.4. The van der Waals surface area contributed by atoms with Gasteiger partial charge in [0.25, 0.3) is 0 Å². The number of carbonyl (C=O) groups is 1. The molecule has 9 heteroatoms. The number of hydrogen-bond acceptors (Lipinski definition) is 4. The number of amides is 1. The number of nitrogens with zero attached hydrogens (tertiary/aromatic N) is 2. The highest BCUT2D eigenvalue weighted by Crippen LogP contribution is 2.40. The van der Waals surface area contributed by atoms with E-state index in [-0.39, 0.29) is 6.54 Å². The summed E-state index contributed by atoms with van der Waals surface area (Å²) < 4.78 is 40.9. The highest BCUT2D eigenvalue weighted by Gasteiger charge is 2.57. The standard InChI is InChI=1S/C14H23F3N4O2/c1-12(2,3)9(18)10(22)19-6-5-13(23,14(15,16)17)11-20-7-8-21(11)4/h7-9,23H,5-6,18H2,1-4H3,(H,19,22)/t9-,13?/m1/s1. The first-order valence-corrected chi connectivity index (χ1v) is 7.11. The van der Waals surface area contributed by atoms with Gasteiger partial charge in [0, 0.05) is 32.4 Å². The van der Waals surface area contributed by atoms with Crippen LogP contribution >= 0.6 is 0 Å². The molecule has 0 saturated heterocycles. The van der Waals surface area contributed by atoms with Crippen LogP contribution in [0.25, 0.3) is 0 Å². The molecule has 6 nitrogen and oxygen atoms in total. The molecule has 1 rings (SSSR count). The number of nitrogens with two attached hydrogens (primary N) is 1. The van der Waals surface area contributed by atoms with Gasteiger partial charge in [-0.25, -0.2) is 4.98 Å². The predicted octanol–water partition coefficient (Wildman–Crippen LogP) is 1.05. The second-order valence-corrected chi connectivity index (χ2v) is 6.60. The molecule has 0 aliphatic rings. The number of alkyl halides is 3. The number of halogens is 3. The number of aryl methyl sites for hydroxylation is 1. The molecule has 2 atom stereocenters. The third-order valence-electron chi connectivity index (χ3n) is 3.66. The normalized spacial score (nSPS) is 16.7. The molecule has 0 aliphatic carbocycles. The van der Waals surface area contributed by atoms with Crippen LogP contribution in [-0.2, 0) is 17.4 Å². The summed E-state index contributed by atoms with van der Waals surface area (Å²) in [6, 6.07) is -0.866. The van der Waals surface area contributed by atoms with E-state index < -0.39 is 41.4 Å². The fourth-order valence-electron chi connectivity index (χ4n) is 2.01. The Kier molecular flexibility index (Phi) is 5.48. The van der Waals surface area contributed by atoms with Crippen molar-refractivity contribution in [3.05, 3.63) is 18.2 Å². The summed E-state index contributed by atoms with van der Waals surface area (Å²) >= 11 is 0. The van der Waals surface area contributed by atoms with Crippen molar-refractivity contribution in [3.63, 3.8) is 0 Å². The van der Waals surface area contributed by atoms with Gasteiger partial charge in [-0.2, -0.15) is 13.2 Å². The molecule has 1 aromatic rings. The zero-order valence-corrected chi connectivity index (χ0v) is 13.6. The molecule has 1 aromatic heterocycles. The van der Waals surface area contributed by atoms with Crippen LogP contribution < -0.4 is 11.1 Å². The van der Waals surface area contributed by atoms with Gasteiger partial charge in [-0.05, 0) is 5.41 Å². The summed E-state index contributed by atoms with van der Waals surface area (Å²) in [5.41, 5.74) is 2.06. The summed E-state index contributed by atoms with van der Waals surface area (Å²) in [5, 5.41) is 12.4. The van der Waals surface area contributed by atoms with E-state index >= 15 is 0 Å². The van der Waals surface area contributed by atoms with Crippen molar-refractivity contribution < 1.29 is 23.1 Å². The minimum absolute atomic E-state index is 0.383. The second kappa shape index (κ2) is 6.48. The lowest BCUT2D eigenvalue weighted by atomic mass is 9.87. The van der Waals surface area contributed by atoms with Gasteiger partial charge < -0.3 is 20.7 Å². The largest absolute Gasteiger partial charge is 0.424 e. The fourth-order valence-corrected chi connectivity index (χ4v) is 2.01. The Morgan fingerprint density at radius 3 is 2.39 bits per heavy atom. The van der Waals surface area contributed by atoms with E-state index in [1.807, 2.05) is 0 Å². The maximum atomic E-state index is 13.3. The first-order chi connectivity index (χ1) is 10.3. The van der Waals surface area contributed by atoms with Crippen LogP contribution in [0.5, 0.6) is 0 Å². The SMILES string of the molecule is Cn1ccnc1C(O)(CCNC(=O)[C@@H](N)C(C)(C)C)C(F)(F)F. The van der Waals surface area contributed by atoms with Crippen LogP contribution in [0.15, 0.2) is 12.4 Å². The summed E-state index contributed by atoms with van der Waals surface area (Å²) in [6.07, 6.45) is -3.22. The van der Waals surface area contributed by atoms with E-state index in [0.717, 1.165) is 4.57 Å². The molecule has 23 heavy (non-hydrogen) atoms. The van der Waals surface area contributed by atoms with Gasteiger partial charge in [-0.3, -0.25) is 4.79 Å². The van der Waals surface area contributed by atoms with Gasteiger partial charge >= 0.3 is 6.18 Å². The molecular formula is C14H23F3N4O2. The number of hydrogen-bond donors (Lipinski definition) is 3. The van der Waals surface area contributed by atoms with Crippen LogP contribution in [0.3, 0.4) is 0 Å². The van der Waals surface area contributed by atoms with Crippen LogP contribution in [0, 0.1) is 5.41 Å². The van der Waals surface area contributed by atoms with Gasteiger partial charge in [-0.1, -0.05) is 20.8 Å². The lowest BCUT2D eigenvalue weighted by Gasteiger charge is -2.31. The number of aromatic nitrogens is 2. The average Bonchev–Trinajstić information content (AvgIpc) is 2.81. The van der Waals surface area contributed by atoms with Crippen molar-refractivity contribution in [1.82, 2.24) is 14.9 Å². The van der Waals surface area contributed by atoms with Crippen molar-refractivity contribution in [2.24, 2.45) is 18.2 Å². The Hall–Kier alpha value is -1.61. The molecule has 1 amide bonds. The summed E-state index contributed by atoms with van der Waals surface area (Å²) in [5.74, 6) is -1.10. The molecule has 0 saturated carbocycles. The number of nitrogens with one attached hydrogen (secondary N) is 1. The Morgan fingerprint density at radius 1 is 1.43 bits per heavy atom. The molecule has 0 aliphatic heterocycles. The Balaban J connectivity index is 2.83. The smallest absolute Gasteiger partial charge is 0.374 e. The summed E-state index contributed by atoms with van der Waals surface area (Å²) in [7, 11) is 1.35. The molecule has 0 bridgehead atoms. The van der Waals surface area contributed by atoms with Crippen molar-refractivity contribution in [2.45, 2.75) is 45.0 Å². The van der Waals surface area contributed by atoms with Crippen LogP contribution in [0.1, 0.15) is 33.0 Å². The fraction of sp³-hybridized carbons (Fsp3) is 0.714. The number of rotatable bonds is 5. The van der Waals surface area contributed by atoms with Crippen LogP contribution in [0.2, 0.25) is 0 Å². The van der Waals surface area contributed by atoms with Crippen molar-refractivity contribution in [1.29, 1.82) is 0 Å². The lowest BCUT2D eigenvalue weighted by molar-refractivity contribution is -0.272. The van der Waals surface area contributed by atoms with E-state index in [2.05, 4.69) is 10.3 Å². The molecule has 0 aromatic carbocycles. The van der Waals surface area contributed by atoms with Crippen molar-refractivity contribution in [2.75, 3.05) is 6.54 Å². The maximum Gasteiger partial charge on any atom is 0.424 e. The minimum Gasteiger partial charge on any atom is -0.374 e. The highest BCUT2D eigenvalue weighted by atomic mass is 19.4. The third-order valence-corrected chi connectivity index (χ3v) is 3.66. The van der Waals surface area contributed by atoms with E-state index in [1.165, 1.54) is 19.4 Å². The second-order valence-electron chi connectivity index (χ2n) is 6.60. The summed E-state index contributed by atoms with van der Waals surface area (Å²) in [6.45, 7) is 4.86. The molecule has 1 unspecified atom stereocenters.